The molecule has 0 atom stereocenters. The minimum atomic E-state index is -0.547. The predicted molar refractivity (Wildman–Crippen MR) is 76.4 cm³/mol. The molecular weight excluding hydrogens is 257 g/mol. The lowest BCUT2D eigenvalue weighted by Crippen LogP contribution is -2.01. The van der Waals surface area contributed by atoms with Crippen molar-refractivity contribution in [2.24, 2.45) is 0 Å². The van der Waals surface area contributed by atoms with Gasteiger partial charge in [0.15, 0.2) is 0 Å². The number of nitriles is 1. The summed E-state index contributed by atoms with van der Waals surface area (Å²) in [6.07, 6.45) is 0. The molecule has 4 nitrogen and oxygen atoms in total. The molecule has 0 fully saturated rings. The third kappa shape index (κ3) is 2.81. The van der Waals surface area contributed by atoms with Gasteiger partial charge in [0.2, 0.25) is 0 Å². The Kier molecular flexibility index (Phi) is 4.06. The topological polar surface area (TPSA) is 71.1 Å². The molecular formula is C15H14FN3O. The Hall–Kier alpha value is -2.74. The van der Waals surface area contributed by atoms with Crippen LogP contribution < -0.4 is 15.8 Å². The van der Waals surface area contributed by atoms with Gasteiger partial charge in [0, 0.05) is 5.69 Å². The van der Waals surface area contributed by atoms with Crippen LogP contribution in [0.5, 0.6) is 5.75 Å². The number of halogens is 1. The third-order valence-electron chi connectivity index (χ3n) is 2.73. The Morgan fingerprint density at radius 3 is 2.85 bits per heavy atom. The quantitative estimate of drug-likeness (QED) is 0.836. The van der Waals surface area contributed by atoms with Gasteiger partial charge in [-0.3, -0.25) is 0 Å². The molecule has 0 heterocycles. The van der Waals surface area contributed by atoms with Gasteiger partial charge in [-0.2, -0.15) is 5.26 Å². The molecule has 0 aliphatic carbocycles. The van der Waals surface area contributed by atoms with Crippen LogP contribution in [-0.2, 0) is 0 Å². The molecule has 0 aliphatic rings. The van der Waals surface area contributed by atoms with Crippen LogP contribution in [0, 0.1) is 17.1 Å². The average Bonchev–Trinajstić information content (AvgIpc) is 2.45. The molecule has 0 spiro atoms. The average molecular weight is 271 g/mol. The van der Waals surface area contributed by atoms with Crippen LogP contribution in [-0.4, -0.2) is 6.61 Å². The van der Waals surface area contributed by atoms with Crippen molar-refractivity contribution < 1.29 is 9.13 Å². The highest BCUT2D eigenvalue weighted by Gasteiger charge is 2.07. The van der Waals surface area contributed by atoms with Crippen molar-refractivity contribution in [2.45, 2.75) is 6.92 Å². The van der Waals surface area contributed by atoms with Gasteiger partial charge in [0.05, 0.1) is 23.5 Å². The summed E-state index contributed by atoms with van der Waals surface area (Å²) in [5.74, 6) is 0.0363. The Bertz CT molecular complexity index is 665. The molecule has 2 aromatic carbocycles. The number of benzene rings is 2. The summed E-state index contributed by atoms with van der Waals surface area (Å²) in [5.41, 5.74) is 7.67. The molecule has 0 unspecified atom stereocenters. The largest absolute Gasteiger partial charge is 0.492 e. The summed E-state index contributed by atoms with van der Waals surface area (Å²) < 4.78 is 18.7. The summed E-state index contributed by atoms with van der Waals surface area (Å²) in [4.78, 5) is 0. The molecule has 5 heteroatoms. The number of para-hydroxylation sites is 1. The van der Waals surface area contributed by atoms with Crippen LogP contribution >= 0.6 is 0 Å². The van der Waals surface area contributed by atoms with Gasteiger partial charge in [-0.15, -0.1) is 0 Å². The van der Waals surface area contributed by atoms with Gasteiger partial charge < -0.3 is 15.8 Å². The number of nitrogen functional groups attached to an aromatic ring is 1. The molecule has 0 aromatic heterocycles. The van der Waals surface area contributed by atoms with E-state index in [0.29, 0.717) is 29.4 Å². The first-order valence-electron chi connectivity index (χ1n) is 6.13. The first kappa shape index (κ1) is 13.7. The maximum Gasteiger partial charge on any atom is 0.144 e. The first-order valence-corrected chi connectivity index (χ1v) is 6.13. The fourth-order valence-electron chi connectivity index (χ4n) is 1.78. The number of ether oxygens (including phenoxy) is 1. The van der Waals surface area contributed by atoms with Crippen molar-refractivity contribution >= 4 is 17.1 Å². The minimum Gasteiger partial charge on any atom is -0.492 e. The maximum atomic E-state index is 13.3. The SMILES string of the molecule is CCOc1cccc(Nc2ccc(F)c(C#N)c2)c1N. The number of rotatable bonds is 4. The van der Waals surface area contributed by atoms with E-state index in [1.54, 1.807) is 30.3 Å². The van der Waals surface area contributed by atoms with E-state index in [9.17, 15) is 4.39 Å². The smallest absolute Gasteiger partial charge is 0.144 e. The van der Waals surface area contributed by atoms with E-state index in [4.69, 9.17) is 15.7 Å². The molecule has 2 aromatic rings. The zero-order valence-corrected chi connectivity index (χ0v) is 11.0. The van der Waals surface area contributed by atoms with Crippen molar-refractivity contribution in [3.05, 3.63) is 47.8 Å². The normalized spacial score (nSPS) is 9.85. The predicted octanol–water partition coefficient (Wildman–Crippen LogP) is 3.42. The van der Waals surface area contributed by atoms with Crippen LogP contribution in [0.4, 0.5) is 21.5 Å². The van der Waals surface area contributed by atoms with E-state index in [2.05, 4.69) is 5.32 Å². The summed E-state index contributed by atoms with van der Waals surface area (Å²) in [5, 5.41) is 11.9. The summed E-state index contributed by atoms with van der Waals surface area (Å²) in [7, 11) is 0. The van der Waals surface area contributed by atoms with Crippen LogP contribution in [0.15, 0.2) is 36.4 Å². The van der Waals surface area contributed by atoms with Crippen LogP contribution in [0.3, 0.4) is 0 Å². The van der Waals surface area contributed by atoms with Crippen molar-refractivity contribution in [1.29, 1.82) is 5.26 Å². The third-order valence-corrected chi connectivity index (χ3v) is 2.73. The Morgan fingerprint density at radius 2 is 2.15 bits per heavy atom. The van der Waals surface area contributed by atoms with E-state index < -0.39 is 5.82 Å². The van der Waals surface area contributed by atoms with E-state index in [1.165, 1.54) is 12.1 Å². The Labute approximate surface area is 116 Å². The second-order valence-electron chi connectivity index (χ2n) is 4.08. The number of anilines is 3. The van der Waals surface area contributed by atoms with Crippen molar-refractivity contribution in [3.63, 3.8) is 0 Å². The van der Waals surface area contributed by atoms with E-state index in [1.807, 2.05) is 6.92 Å². The number of nitrogens with zero attached hydrogens (tertiary/aromatic N) is 1. The molecule has 3 N–H and O–H groups in total. The van der Waals surface area contributed by atoms with Crippen LogP contribution in [0.1, 0.15) is 12.5 Å². The van der Waals surface area contributed by atoms with E-state index in [0.717, 1.165) is 0 Å². The molecule has 20 heavy (non-hydrogen) atoms. The summed E-state index contributed by atoms with van der Waals surface area (Å²) in [6, 6.07) is 11.4. The fourth-order valence-corrected chi connectivity index (χ4v) is 1.78. The lowest BCUT2D eigenvalue weighted by atomic mass is 10.2. The second-order valence-corrected chi connectivity index (χ2v) is 4.08. The monoisotopic (exact) mass is 271 g/mol. The molecule has 0 aliphatic heterocycles. The van der Waals surface area contributed by atoms with E-state index in [-0.39, 0.29) is 5.56 Å². The van der Waals surface area contributed by atoms with E-state index >= 15 is 0 Å². The standard InChI is InChI=1S/C15H14FN3O/c1-2-20-14-5-3-4-13(15(14)18)19-11-6-7-12(16)10(8-11)9-17/h3-8,19H,2,18H2,1H3. The van der Waals surface area contributed by atoms with Gasteiger partial charge in [-0.1, -0.05) is 6.07 Å². The van der Waals surface area contributed by atoms with Crippen molar-refractivity contribution in [1.82, 2.24) is 0 Å². The molecule has 0 saturated carbocycles. The lowest BCUT2D eigenvalue weighted by Gasteiger charge is -2.13. The lowest BCUT2D eigenvalue weighted by molar-refractivity contribution is 0.342. The molecule has 0 amide bonds. The first-order chi connectivity index (χ1) is 9.65. The molecule has 0 saturated heterocycles. The molecule has 0 bridgehead atoms. The fraction of sp³-hybridized carbons (Fsp3) is 0.133. The highest BCUT2D eigenvalue weighted by Crippen LogP contribution is 2.31. The zero-order valence-electron chi connectivity index (χ0n) is 11.0. The number of nitrogens with two attached hydrogens (primary N) is 1. The zero-order chi connectivity index (χ0) is 14.5. The van der Waals surface area contributed by atoms with Gasteiger partial charge in [-0.05, 0) is 37.3 Å². The van der Waals surface area contributed by atoms with Gasteiger partial charge >= 0.3 is 0 Å². The number of hydrogen-bond acceptors (Lipinski definition) is 4. The molecule has 0 radical (unpaired) electrons. The highest BCUT2D eigenvalue weighted by molar-refractivity contribution is 5.77. The van der Waals surface area contributed by atoms with Crippen molar-refractivity contribution in [3.8, 4) is 11.8 Å². The Morgan fingerprint density at radius 1 is 1.35 bits per heavy atom. The highest BCUT2D eigenvalue weighted by atomic mass is 19.1. The summed E-state index contributed by atoms with van der Waals surface area (Å²) in [6.45, 7) is 2.39. The molecule has 2 rings (SSSR count). The number of nitrogens with one attached hydrogen (secondary N) is 1. The van der Waals surface area contributed by atoms with Gasteiger partial charge in [-0.25, -0.2) is 4.39 Å². The van der Waals surface area contributed by atoms with Crippen LogP contribution in [0.25, 0.3) is 0 Å². The summed E-state index contributed by atoms with van der Waals surface area (Å²) >= 11 is 0. The second kappa shape index (κ2) is 5.93. The van der Waals surface area contributed by atoms with Crippen LogP contribution in [0.2, 0.25) is 0 Å². The molecule has 102 valence electrons. The van der Waals surface area contributed by atoms with Gasteiger partial charge in [0.25, 0.3) is 0 Å². The maximum absolute atomic E-state index is 13.3. The van der Waals surface area contributed by atoms with Crippen molar-refractivity contribution in [2.75, 3.05) is 17.7 Å². The van der Waals surface area contributed by atoms with Gasteiger partial charge in [0.1, 0.15) is 17.6 Å². The Balaban J connectivity index is 2.31. The number of hydrogen-bond donors (Lipinski definition) is 2. The minimum absolute atomic E-state index is 0.0189.